The van der Waals surface area contributed by atoms with Gasteiger partial charge in [-0.3, -0.25) is 4.79 Å². The van der Waals surface area contributed by atoms with Crippen LogP contribution < -0.4 is 4.90 Å². The molecule has 17 heavy (non-hydrogen) atoms. The second kappa shape index (κ2) is 4.28. The molecule has 0 aromatic heterocycles. The molecule has 2 rings (SSSR count). The Hall–Kier alpha value is -1.71. The standard InChI is InChI=1S/C13H17NO3/c1-8(2)14-10(7-13(16)17)5-9-6-11(15)3-4-12(9)14/h3-4,6,8,10,15H,5,7H2,1-2H3,(H,16,17). The summed E-state index contributed by atoms with van der Waals surface area (Å²) in [4.78, 5) is 13.0. The van der Waals surface area contributed by atoms with Crippen LogP contribution in [0, 0.1) is 0 Å². The number of rotatable bonds is 3. The van der Waals surface area contributed by atoms with Crippen molar-refractivity contribution in [2.75, 3.05) is 4.90 Å². The molecule has 1 aromatic carbocycles. The van der Waals surface area contributed by atoms with Crippen LogP contribution in [0.15, 0.2) is 18.2 Å². The fraction of sp³-hybridized carbons (Fsp3) is 0.462. The summed E-state index contributed by atoms with van der Waals surface area (Å²) < 4.78 is 0. The molecule has 0 spiro atoms. The van der Waals surface area contributed by atoms with Crippen LogP contribution in [0.5, 0.6) is 5.75 Å². The predicted molar refractivity (Wildman–Crippen MR) is 65.5 cm³/mol. The molecule has 0 amide bonds. The maximum Gasteiger partial charge on any atom is 0.305 e. The van der Waals surface area contributed by atoms with Gasteiger partial charge in [0, 0.05) is 17.8 Å². The smallest absolute Gasteiger partial charge is 0.305 e. The number of hydrogen-bond acceptors (Lipinski definition) is 3. The van der Waals surface area contributed by atoms with Gasteiger partial charge < -0.3 is 15.1 Å². The highest BCUT2D eigenvalue weighted by Crippen LogP contribution is 2.36. The minimum atomic E-state index is -0.780. The third-order valence-corrected chi connectivity index (χ3v) is 3.16. The van der Waals surface area contributed by atoms with E-state index in [9.17, 15) is 9.90 Å². The van der Waals surface area contributed by atoms with Gasteiger partial charge in [0.15, 0.2) is 0 Å². The summed E-state index contributed by atoms with van der Waals surface area (Å²) in [5.41, 5.74) is 2.08. The van der Waals surface area contributed by atoms with Gasteiger partial charge >= 0.3 is 5.97 Å². The van der Waals surface area contributed by atoms with Crippen molar-refractivity contribution in [3.63, 3.8) is 0 Å². The number of carboxylic acids is 1. The first-order valence-corrected chi connectivity index (χ1v) is 5.81. The van der Waals surface area contributed by atoms with Gasteiger partial charge in [0.2, 0.25) is 0 Å². The lowest BCUT2D eigenvalue weighted by Gasteiger charge is -2.30. The van der Waals surface area contributed by atoms with Crippen LogP contribution in [-0.2, 0) is 11.2 Å². The van der Waals surface area contributed by atoms with Crippen molar-refractivity contribution in [1.29, 1.82) is 0 Å². The van der Waals surface area contributed by atoms with Crippen LogP contribution in [0.2, 0.25) is 0 Å². The van der Waals surface area contributed by atoms with Gasteiger partial charge in [0.05, 0.1) is 6.42 Å². The lowest BCUT2D eigenvalue weighted by atomic mass is 10.1. The summed E-state index contributed by atoms with van der Waals surface area (Å²) in [5.74, 6) is -0.541. The summed E-state index contributed by atoms with van der Waals surface area (Å²) in [5, 5.41) is 18.4. The highest BCUT2D eigenvalue weighted by Gasteiger charge is 2.32. The van der Waals surface area contributed by atoms with E-state index in [2.05, 4.69) is 18.7 Å². The van der Waals surface area contributed by atoms with Gasteiger partial charge in [0.1, 0.15) is 5.75 Å². The van der Waals surface area contributed by atoms with Crippen LogP contribution in [0.1, 0.15) is 25.8 Å². The van der Waals surface area contributed by atoms with Crippen molar-refractivity contribution in [1.82, 2.24) is 0 Å². The third kappa shape index (κ3) is 2.20. The van der Waals surface area contributed by atoms with Crippen molar-refractivity contribution in [2.45, 2.75) is 38.8 Å². The van der Waals surface area contributed by atoms with E-state index in [4.69, 9.17) is 5.11 Å². The number of nitrogens with zero attached hydrogens (tertiary/aromatic N) is 1. The summed E-state index contributed by atoms with van der Waals surface area (Å²) in [6.45, 7) is 4.10. The van der Waals surface area contributed by atoms with E-state index >= 15 is 0 Å². The molecule has 1 aliphatic heterocycles. The zero-order chi connectivity index (χ0) is 12.6. The number of benzene rings is 1. The molecule has 1 aliphatic rings. The molecular formula is C13H17NO3. The fourth-order valence-electron chi connectivity index (χ4n) is 2.61. The first-order valence-electron chi connectivity index (χ1n) is 5.81. The number of anilines is 1. The zero-order valence-corrected chi connectivity index (χ0v) is 10.1. The molecule has 4 heteroatoms. The van der Waals surface area contributed by atoms with E-state index in [-0.39, 0.29) is 24.3 Å². The monoisotopic (exact) mass is 235 g/mol. The van der Waals surface area contributed by atoms with E-state index in [1.54, 1.807) is 12.1 Å². The van der Waals surface area contributed by atoms with Gasteiger partial charge in [0.25, 0.3) is 0 Å². The van der Waals surface area contributed by atoms with Gasteiger partial charge in [-0.15, -0.1) is 0 Å². The van der Waals surface area contributed by atoms with Crippen LogP contribution in [-0.4, -0.2) is 28.3 Å². The average molecular weight is 235 g/mol. The Labute approximate surface area is 100 Å². The predicted octanol–water partition coefficient (Wildman–Crippen LogP) is 2.01. The van der Waals surface area contributed by atoms with Gasteiger partial charge in [-0.1, -0.05) is 0 Å². The Morgan fingerprint density at radius 3 is 2.82 bits per heavy atom. The second-order valence-electron chi connectivity index (χ2n) is 4.77. The number of aromatic hydroxyl groups is 1. The highest BCUT2D eigenvalue weighted by atomic mass is 16.4. The molecule has 1 atom stereocenters. The van der Waals surface area contributed by atoms with Crippen molar-refractivity contribution in [2.24, 2.45) is 0 Å². The molecule has 92 valence electrons. The largest absolute Gasteiger partial charge is 0.508 e. The molecule has 1 heterocycles. The van der Waals surface area contributed by atoms with Crippen molar-refractivity contribution >= 4 is 11.7 Å². The number of phenolic OH excluding ortho intramolecular Hbond substituents is 1. The molecule has 4 nitrogen and oxygen atoms in total. The molecule has 1 unspecified atom stereocenters. The van der Waals surface area contributed by atoms with Crippen molar-refractivity contribution in [3.8, 4) is 5.75 Å². The molecule has 0 aliphatic carbocycles. The topological polar surface area (TPSA) is 60.8 Å². The molecule has 0 saturated heterocycles. The maximum atomic E-state index is 10.9. The molecule has 0 fully saturated rings. The minimum Gasteiger partial charge on any atom is -0.508 e. The SMILES string of the molecule is CC(C)N1c2ccc(O)cc2CC1CC(=O)O. The number of carbonyl (C=O) groups is 1. The Balaban J connectivity index is 2.33. The highest BCUT2D eigenvalue weighted by molar-refractivity contribution is 5.71. The molecule has 2 N–H and O–H groups in total. The Morgan fingerprint density at radius 1 is 1.53 bits per heavy atom. The Morgan fingerprint density at radius 2 is 2.24 bits per heavy atom. The van der Waals surface area contributed by atoms with Crippen LogP contribution >= 0.6 is 0 Å². The average Bonchev–Trinajstić information content (AvgIpc) is 2.53. The van der Waals surface area contributed by atoms with E-state index in [0.717, 1.165) is 11.3 Å². The third-order valence-electron chi connectivity index (χ3n) is 3.16. The van der Waals surface area contributed by atoms with Gasteiger partial charge in [-0.05, 0) is 44.0 Å². The first-order chi connectivity index (χ1) is 7.99. The first kappa shape index (κ1) is 11.8. The maximum absolute atomic E-state index is 10.9. The summed E-state index contributed by atoms with van der Waals surface area (Å²) in [6.07, 6.45) is 0.821. The molecule has 0 radical (unpaired) electrons. The molecule has 1 aromatic rings. The lowest BCUT2D eigenvalue weighted by Crippen LogP contribution is -2.39. The summed E-state index contributed by atoms with van der Waals surface area (Å²) in [6, 6.07) is 5.49. The number of aliphatic carboxylic acids is 1. The lowest BCUT2D eigenvalue weighted by molar-refractivity contribution is -0.137. The van der Waals surface area contributed by atoms with Crippen LogP contribution in [0.4, 0.5) is 5.69 Å². The van der Waals surface area contributed by atoms with E-state index in [0.29, 0.717) is 6.42 Å². The van der Waals surface area contributed by atoms with E-state index in [1.807, 2.05) is 6.07 Å². The van der Waals surface area contributed by atoms with Crippen molar-refractivity contribution < 1.29 is 15.0 Å². The quantitative estimate of drug-likeness (QED) is 0.841. The zero-order valence-electron chi connectivity index (χ0n) is 10.1. The minimum absolute atomic E-state index is 0.00991. The second-order valence-corrected chi connectivity index (χ2v) is 4.77. The van der Waals surface area contributed by atoms with E-state index in [1.165, 1.54) is 0 Å². The summed E-state index contributed by atoms with van der Waals surface area (Å²) in [7, 11) is 0. The van der Waals surface area contributed by atoms with Gasteiger partial charge in [-0.25, -0.2) is 0 Å². The van der Waals surface area contributed by atoms with Crippen LogP contribution in [0.3, 0.4) is 0 Å². The normalized spacial score (nSPS) is 18.5. The Bertz CT molecular complexity index is 442. The number of carboxylic acid groups (broad SMARTS) is 1. The fourth-order valence-corrected chi connectivity index (χ4v) is 2.61. The van der Waals surface area contributed by atoms with E-state index < -0.39 is 5.97 Å². The Kier molecular flexibility index (Phi) is 2.96. The van der Waals surface area contributed by atoms with Crippen molar-refractivity contribution in [3.05, 3.63) is 23.8 Å². The van der Waals surface area contributed by atoms with Crippen LogP contribution in [0.25, 0.3) is 0 Å². The summed E-state index contributed by atoms with van der Waals surface area (Å²) >= 11 is 0. The number of fused-ring (bicyclic) bond motifs is 1. The molecule has 0 bridgehead atoms. The van der Waals surface area contributed by atoms with Gasteiger partial charge in [-0.2, -0.15) is 0 Å². The number of hydrogen-bond donors (Lipinski definition) is 2. The molecular weight excluding hydrogens is 218 g/mol. The number of phenols is 1. The molecule has 0 saturated carbocycles.